The minimum absolute atomic E-state index is 0.0211. The zero-order valence-corrected chi connectivity index (χ0v) is 26.4. The van der Waals surface area contributed by atoms with Gasteiger partial charge in [0.15, 0.2) is 6.35 Å². The zero-order valence-electron chi connectivity index (χ0n) is 25.6. The van der Waals surface area contributed by atoms with Gasteiger partial charge in [0, 0.05) is 61.8 Å². The second kappa shape index (κ2) is 13.2. The highest BCUT2D eigenvalue weighted by molar-refractivity contribution is 8.00. The first-order chi connectivity index (χ1) is 20.5. The van der Waals surface area contributed by atoms with E-state index in [-0.39, 0.29) is 35.3 Å². The predicted molar refractivity (Wildman–Crippen MR) is 168 cm³/mol. The summed E-state index contributed by atoms with van der Waals surface area (Å²) in [7, 11) is 6.06. The van der Waals surface area contributed by atoms with Crippen LogP contribution in [0.1, 0.15) is 49.3 Å². The minimum atomic E-state index is -0.210. The molecule has 232 valence electrons. The molecule has 42 heavy (non-hydrogen) atoms. The first-order valence-electron chi connectivity index (χ1n) is 15.9. The van der Waals surface area contributed by atoms with E-state index in [1.807, 2.05) is 19.1 Å². The lowest BCUT2D eigenvalue weighted by molar-refractivity contribution is -0.136. The van der Waals surface area contributed by atoms with Crippen molar-refractivity contribution in [1.29, 1.82) is 0 Å². The van der Waals surface area contributed by atoms with Gasteiger partial charge in [0.1, 0.15) is 0 Å². The topological polar surface area (TPSA) is 81.3 Å². The molecule has 10 heteroatoms. The maximum atomic E-state index is 12.7. The Bertz CT molecular complexity index is 1110. The van der Waals surface area contributed by atoms with E-state index in [1.54, 1.807) is 0 Å². The third-order valence-corrected chi connectivity index (χ3v) is 12.2. The van der Waals surface area contributed by atoms with Crippen LogP contribution in [0, 0.1) is 5.92 Å². The summed E-state index contributed by atoms with van der Waals surface area (Å²) in [6.07, 6.45) is 7.23. The second-order valence-electron chi connectivity index (χ2n) is 12.9. The largest absolute Gasteiger partial charge is 0.375 e. The predicted octanol–water partition coefficient (Wildman–Crippen LogP) is 2.36. The van der Waals surface area contributed by atoms with Crippen LogP contribution in [-0.4, -0.2) is 117 Å². The van der Waals surface area contributed by atoms with Crippen molar-refractivity contribution in [3.05, 3.63) is 48.0 Å². The molecule has 1 spiro atoms. The van der Waals surface area contributed by atoms with Gasteiger partial charge in [-0.25, -0.2) is 0 Å². The van der Waals surface area contributed by atoms with E-state index in [0.717, 1.165) is 57.8 Å². The van der Waals surface area contributed by atoms with Crippen LogP contribution < -0.4 is 16.0 Å². The van der Waals surface area contributed by atoms with E-state index in [4.69, 9.17) is 9.47 Å². The number of benzene rings is 1. The number of nitrogens with zero attached hydrogens (tertiary/aromatic N) is 3. The lowest BCUT2D eigenvalue weighted by Crippen LogP contribution is -2.73. The van der Waals surface area contributed by atoms with Gasteiger partial charge >= 0.3 is 0 Å². The van der Waals surface area contributed by atoms with E-state index < -0.39 is 0 Å². The fourth-order valence-electron chi connectivity index (χ4n) is 8.35. The Morgan fingerprint density at radius 2 is 2.07 bits per heavy atom. The quantitative estimate of drug-likeness (QED) is 0.391. The summed E-state index contributed by atoms with van der Waals surface area (Å²) in [5.41, 5.74) is 2.76. The van der Waals surface area contributed by atoms with Crippen molar-refractivity contribution >= 4 is 17.7 Å². The molecule has 4 fully saturated rings. The molecule has 0 aromatic heterocycles. The number of nitrogens with one attached hydrogen (secondary N) is 3. The van der Waals surface area contributed by atoms with Crippen molar-refractivity contribution in [2.24, 2.45) is 5.92 Å². The summed E-state index contributed by atoms with van der Waals surface area (Å²) >= 11 is 2.09. The van der Waals surface area contributed by atoms with Crippen LogP contribution in [0.3, 0.4) is 0 Å². The van der Waals surface area contributed by atoms with Crippen LogP contribution in [0.25, 0.3) is 0 Å². The molecule has 1 saturated carbocycles. The fraction of sp³-hybridized carbons (Fsp3) is 0.719. The maximum absolute atomic E-state index is 12.7. The maximum Gasteiger partial charge on any atom is 0.246 e. The monoisotopic (exact) mass is 598 g/mol. The molecule has 9 nitrogen and oxygen atoms in total. The summed E-state index contributed by atoms with van der Waals surface area (Å²) in [5, 5.41) is 11.2. The molecular formula is C32H50N6O3S. The summed E-state index contributed by atoms with van der Waals surface area (Å²) in [5.74, 6) is 1.50. The number of thioether (sulfide) groups is 1. The third-order valence-electron chi connectivity index (χ3n) is 10.6. The molecule has 1 amide bonds. The number of amides is 1. The van der Waals surface area contributed by atoms with Crippen molar-refractivity contribution in [2.75, 3.05) is 60.5 Å². The minimum Gasteiger partial charge on any atom is -0.375 e. The van der Waals surface area contributed by atoms with Crippen LogP contribution in [-0.2, 0) is 20.0 Å². The number of likely N-dealkylation sites (N-methyl/N-ethyl adjacent to an activating group) is 2. The van der Waals surface area contributed by atoms with Crippen molar-refractivity contribution in [3.8, 4) is 0 Å². The highest BCUT2D eigenvalue weighted by Gasteiger charge is 2.54. The molecule has 0 radical (unpaired) electrons. The Hall–Kier alpha value is -1.50. The highest BCUT2D eigenvalue weighted by Crippen LogP contribution is 2.56. The average molecular weight is 599 g/mol. The van der Waals surface area contributed by atoms with Crippen LogP contribution >= 0.6 is 11.8 Å². The molecule has 8 atom stereocenters. The van der Waals surface area contributed by atoms with Gasteiger partial charge in [-0.15, -0.1) is 11.8 Å². The molecule has 7 unspecified atom stereocenters. The molecule has 1 aliphatic carbocycles. The van der Waals surface area contributed by atoms with Crippen molar-refractivity contribution in [1.82, 2.24) is 30.7 Å². The van der Waals surface area contributed by atoms with E-state index >= 15 is 0 Å². The van der Waals surface area contributed by atoms with Gasteiger partial charge in [-0.05, 0) is 69.9 Å². The van der Waals surface area contributed by atoms with Gasteiger partial charge in [0.25, 0.3) is 0 Å². The van der Waals surface area contributed by atoms with Crippen LogP contribution in [0.4, 0.5) is 0 Å². The first kappa shape index (κ1) is 30.5. The summed E-state index contributed by atoms with van der Waals surface area (Å²) < 4.78 is 13.0. The van der Waals surface area contributed by atoms with Crippen molar-refractivity contribution in [3.63, 3.8) is 0 Å². The molecule has 1 aromatic carbocycles. The normalized spacial score (nSPS) is 37.4. The van der Waals surface area contributed by atoms with Gasteiger partial charge < -0.3 is 24.6 Å². The molecule has 6 rings (SSSR count). The number of carbonyl (C=O) groups excluding carboxylic acids is 1. The number of rotatable bonds is 8. The Balaban J connectivity index is 1.23. The van der Waals surface area contributed by atoms with Gasteiger partial charge in [-0.1, -0.05) is 30.8 Å². The average Bonchev–Trinajstić information content (AvgIpc) is 3.43. The molecule has 3 N–H and O–H groups in total. The van der Waals surface area contributed by atoms with Gasteiger partial charge in [0.2, 0.25) is 5.91 Å². The van der Waals surface area contributed by atoms with Crippen molar-refractivity contribution < 1.29 is 14.3 Å². The number of carbonyl (C=O) groups is 1. The Morgan fingerprint density at radius 1 is 1.21 bits per heavy atom. The van der Waals surface area contributed by atoms with E-state index in [9.17, 15) is 4.79 Å². The number of likely N-dealkylation sites (tertiary alicyclic amines) is 1. The van der Waals surface area contributed by atoms with Gasteiger partial charge in [0.05, 0.1) is 24.9 Å². The molecule has 0 bridgehead atoms. The highest BCUT2D eigenvalue weighted by atomic mass is 32.2. The Morgan fingerprint density at radius 3 is 2.83 bits per heavy atom. The first-order valence-corrected chi connectivity index (χ1v) is 16.8. The van der Waals surface area contributed by atoms with Gasteiger partial charge in [-0.3, -0.25) is 20.3 Å². The second-order valence-corrected chi connectivity index (χ2v) is 14.3. The number of hydrogen-bond acceptors (Lipinski definition) is 9. The summed E-state index contributed by atoms with van der Waals surface area (Å²) in [6.45, 7) is 8.76. The zero-order chi connectivity index (χ0) is 29.3. The van der Waals surface area contributed by atoms with E-state index in [1.165, 1.54) is 30.0 Å². The number of ether oxygens (including phenoxy) is 2. The van der Waals surface area contributed by atoms with Crippen LogP contribution in [0.15, 0.2) is 36.9 Å². The SMILES string of the molecule is C=CC(=O)N1CCN(C2NC(OCC3CCCN3C)NC3C[C@@]4(CCC32)SCc2ccccc2C4OC)CC1CNC. The number of piperazine rings is 1. The van der Waals surface area contributed by atoms with E-state index in [0.29, 0.717) is 24.5 Å². The molecule has 1 aromatic rings. The van der Waals surface area contributed by atoms with Gasteiger partial charge in [-0.2, -0.15) is 0 Å². The number of methoxy groups -OCH3 is 1. The van der Waals surface area contributed by atoms with E-state index in [2.05, 4.69) is 75.4 Å². The standard InChI is InChI=1S/C32H50N6O3S/c1-5-28(39)38-16-15-37(19-24(38)18-33-2)30-26-12-13-32(29(40-4)25-11-7-6-9-22(25)21-42-32)17-27(26)34-31(35-30)41-20-23-10-8-14-36(23)3/h5-7,9,11,23-24,26-27,29-31,33-35H,1,8,10,12-21H2,2-4H3/t23?,24?,26?,27?,29?,30?,31?,32-/m1/s1. The molecule has 3 saturated heterocycles. The van der Waals surface area contributed by atoms with Crippen LogP contribution in [0.2, 0.25) is 0 Å². The van der Waals surface area contributed by atoms with Crippen LogP contribution in [0.5, 0.6) is 0 Å². The lowest BCUT2D eigenvalue weighted by atomic mass is 9.71. The molecule has 4 aliphatic heterocycles. The van der Waals surface area contributed by atoms with Crippen molar-refractivity contribution in [2.45, 2.75) is 79.4 Å². The third kappa shape index (κ3) is 5.94. The number of fused-ring (bicyclic) bond motifs is 2. The molecular weight excluding hydrogens is 548 g/mol. The lowest BCUT2D eigenvalue weighted by Gasteiger charge is -2.57. The summed E-state index contributed by atoms with van der Waals surface area (Å²) in [6, 6.07) is 9.71. The Labute approximate surface area is 256 Å². The summed E-state index contributed by atoms with van der Waals surface area (Å²) in [4.78, 5) is 19.7. The Kier molecular flexibility index (Phi) is 9.62. The molecule has 4 heterocycles. The smallest absolute Gasteiger partial charge is 0.246 e. The molecule has 5 aliphatic rings. The number of hydrogen-bond donors (Lipinski definition) is 3. The fourth-order valence-corrected chi connectivity index (χ4v) is 9.99.